The third-order valence-corrected chi connectivity index (χ3v) is 3.88. The summed E-state index contributed by atoms with van der Waals surface area (Å²) in [6.07, 6.45) is 1.68. The predicted molar refractivity (Wildman–Crippen MR) is 96.5 cm³/mol. The molecule has 1 atom stereocenters. The fourth-order valence-electron chi connectivity index (χ4n) is 2.45. The largest absolute Gasteiger partial charge is 0.504 e. The molecule has 0 unspecified atom stereocenters. The van der Waals surface area contributed by atoms with Crippen molar-refractivity contribution in [2.45, 2.75) is 6.04 Å². The first-order chi connectivity index (χ1) is 11.6. The monoisotopic (exact) mass is 328 g/mol. The number of benzene rings is 2. The molecule has 0 bridgehead atoms. The van der Waals surface area contributed by atoms with Crippen molar-refractivity contribution in [3.8, 4) is 17.2 Å². The van der Waals surface area contributed by atoms with Crippen LogP contribution in [0.1, 0.15) is 17.2 Å². The van der Waals surface area contributed by atoms with E-state index in [9.17, 15) is 5.11 Å². The molecule has 5 nitrogen and oxygen atoms in total. The van der Waals surface area contributed by atoms with Crippen molar-refractivity contribution in [1.29, 1.82) is 0 Å². The van der Waals surface area contributed by atoms with Crippen LogP contribution in [0.5, 0.6) is 17.2 Å². The zero-order valence-corrected chi connectivity index (χ0v) is 14.6. The van der Waals surface area contributed by atoms with Crippen LogP contribution in [-0.2, 0) is 0 Å². The molecule has 0 aliphatic rings. The molecule has 0 spiro atoms. The average Bonchev–Trinajstić information content (AvgIpc) is 2.60. The van der Waals surface area contributed by atoms with Crippen molar-refractivity contribution in [1.82, 2.24) is 4.90 Å². The number of aliphatic imine (C=N–C) groups is 1. The van der Waals surface area contributed by atoms with Crippen LogP contribution in [0.2, 0.25) is 0 Å². The highest BCUT2D eigenvalue weighted by molar-refractivity contribution is 5.84. The Kier molecular flexibility index (Phi) is 6.21. The van der Waals surface area contributed by atoms with E-state index >= 15 is 0 Å². The van der Waals surface area contributed by atoms with Crippen LogP contribution >= 0.6 is 0 Å². The fourth-order valence-corrected chi connectivity index (χ4v) is 2.45. The number of likely N-dealkylation sites (N-methyl/N-ethyl adjacent to an activating group) is 1. The molecule has 0 amide bonds. The normalized spacial score (nSPS) is 12.5. The molecule has 0 heterocycles. The quantitative estimate of drug-likeness (QED) is 0.794. The highest BCUT2D eigenvalue weighted by Gasteiger charge is 2.13. The Balaban J connectivity index is 2.14. The van der Waals surface area contributed by atoms with Crippen LogP contribution in [-0.4, -0.2) is 51.1 Å². The second-order valence-electron chi connectivity index (χ2n) is 5.64. The number of hydrogen-bond acceptors (Lipinski definition) is 5. The third kappa shape index (κ3) is 4.26. The molecule has 0 aromatic heterocycles. The van der Waals surface area contributed by atoms with Crippen molar-refractivity contribution in [2.24, 2.45) is 4.99 Å². The Hall–Kier alpha value is -2.53. The summed E-state index contributed by atoms with van der Waals surface area (Å²) in [6.45, 7) is 0.579. The van der Waals surface area contributed by atoms with E-state index in [1.165, 1.54) is 7.11 Å². The van der Waals surface area contributed by atoms with Gasteiger partial charge in [0.15, 0.2) is 11.5 Å². The van der Waals surface area contributed by atoms with Crippen molar-refractivity contribution < 1.29 is 14.6 Å². The van der Waals surface area contributed by atoms with Gasteiger partial charge in [-0.05, 0) is 43.9 Å². The van der Waals surface area contributed by atoms with Gasteiger partial charge in [-0.1, -0.05) is 18.2 Å². The molecule has 5 heteroatoms. The van der Waals surface area contributed by atoms with Crippen molar-refractivity contribution in [3.05, 3.63) is 53.6 Å². The minimum atomic E-state index is 0.106. The molecule has 1 N–H and O–H groups in total. The van der Waals surface area contributed by atoms with Gasteiger partial charge in [0.2, 0.25) is 0 Å². The van der Waals surface area contributed by atoms with E-state index in [0.29, 0.717) is 17.9 Å². The number of ether oxygens (including phenoxy) is 2. The first-order valence-corrected chi connectivity index (χ1v) is 7.73. The van der Waals surface area contributed by atoms with E-state index in [2.05, 4.69) is 9.89 Å². The van der Waals surface area contributed by atoms with Crippen LogP contribution in [0, 0.1) is 0 Å². The molecule has 0 aliphatic carbocycles. The number of methoxy groups -OCH3 is 2. The first kappa shape index (κ1) is 17.8. The zero-order valence-electron chi connectivity index (χ0n) is 14.6. The van der Waals surface area contributed by atoms with E-state index in [1.54, 1.807) is 25.5 Å². The maximum atomic E-state index is 10.1. The van der Waals surface area contributed by atoms with E-state index in [-0.39, 0.29) is 11.8 Å². The van der Waals surface area contributed by atoms with Crippen LogP contribution in [0.4, 0.5) is 0 Å². The second-order valence-corrected chi connectivity index (χ2v) is 5.64. The third-order valence-electron chi connectivity index (χ3n) is 3.88. The van der Waals surface area contributed by atoms with Crippen LogP contribution in [0.3, 0.4) is 0 Å². The van der Waals surface area contributed by atoms with Gasteiger partial charge in [0.25, 0.3) is 0 Å². The molecular formula is C19H24N2O3. The highest BCUT2D eigenvalue weighted by atomic mass is 16.5. The predicted octanol–water partition coefficient (Wildman–Crippen LogP) is 3.13. The molecule has 128 valence electrons. The van der Waals surface area contributed by atoms with E-state index in [4.69, 9.17) is 9.47 Å². The summed E-state index contributed by atoms with van der Waals surface area (Å²) >= 11 is 0. The number of para-hydroxylation sites is 1. The summed E-state index contributed by atoms with van der Waals surface area (Å²) in [5, 5.41) is 10.1. The van der Waals surface area contributed by atoms with Crippen LogP contribution < -0.4 is 9.47 Å². The lowest BCUT2D eigenvalue weighted by atomic mass is 10.1. The van der Waals surface area contributed by atoms with Crippen molar-refractivity contribution in [3.63, 3.8) is 0 Å². The Morgan fingerprint density at radius 2 is 1.79 bits per heavy atom. The standard InChI is InChI=1S/C19H24N2O3/c1-21(2)17(14-8-10-16(23-3)11-9-14)13-20-12-15-6-5-7-18(24-4)19(15)22/h5-12,17,22H,13H2,1-4H3/t17-/m0/s1. The number of aromatic hydroxyl groups is 1. The highest BCUT2D eigenvalue weighted by Crippen LogP contribution is 2.28. The molecule has 0 fully saturated rings. The smallest absolute Gasteiger partial charge is 0.166 e. The maximum absolute atomic E-state index is 10.1. The lowest BCUT2D eigenvalue weighted by molar-refractivity contribution is 0.306. The van der Waals surface area contributed by atoms with Crippen molar-refractivity contribution >= 4 is 6.21 Å². The van der Waals surface area contributed by atoms with E-state index in [0.717, 1.165) is 11.3 Å². The van der Waals surface area contributed by atoms with Gasteiger partial charge >= 0.3 is 0 Å². The maximum Gasteiger partial charge on any atom is 0.166 e. The van der Waals surface area contributed by atoms with E-state index < -0.39 is 0 Å². The average molecular weight is 328 g/mol. The minimum absolute atomic E-state index is 0.106. The summed E-state index contributed by atoms with van der Waals surface area (Å²) in [5.41, 5.74) is 1.80. The number of phenolic OH excluding ortho intramolecular Hbond substituents is 1. The molecule has 0 radical (unpaired) electrons. The number of hydrogen-bond donors (Lipinski definition) is 1. The first-order valence-electron chi connectivity index (χ1n) is 7.73. The molecule has 24 heavy (non-hydrogen) atoms. The SMILES string of the molecule is COc1ccc([C@H](CN=Cc2cccc(OC)c2O)N(C)C)cc1. The Morgan fingerprint density at radius 3 is 2.38 bits per heavy atom. The van der Waals surface area contributed by atoms with Gasteiger partial charge in [-0.3, -0.25) is 4.99 Å². The molecule has 2 rings (SSSR count). The summed E-state index contributed by atoms with van der Waals surface area (Å²) in [4.78, 5) is 6.62. The minimum Gasteiger partial charge on any atom is -0.504 e. The summed E-state index contributed by atoms with van der Waals surface area (Å²) in [6, 6.07) is 13.5. The lowest BCUT2D eigenvalue weighted by Gasteiger charge is -2.23. The molecule has 2 aromatic rings. The van der Waals surface area contributed by atoms with Gasteiger partial charge < -0.3 is 19.5 Å². The van der Waals surface area contributed by atoms with E-state index in [1.807, 2.05) is 44.4 Å². The zero-order chi connectivity index (χ0) is 17.5. The van der Waals surface area contributed by atoms with Gasteiger partial charge in [-0.2, -0.15) is 0 Å². The lowest BCUT2D eigenvalue weighted by Crippen LogP contribution is -2.22. The van der Waals surface area contributed by atoms with Gasteiger partial charge in [-0.25, -0.2) is 0 Å². The molecule has 2 aromatic carbocycles. The summed E-state index contributed by atoms with van der Waals surface area (Å²) < 4.78 is 10.3. The second kappa shape index (κ2) is 8.36. The Morgan fingerprint density at radius 1 is 1.08 bits per heavy atom. The summed E-state index contributed by atoms with van der Waals surface area (Å²) in [5.74, 6) is 1.38. The number of rotatable bonds is 7. The topological polar surface area (TPSA) is 54.3 Å². The number of phenols is 1. The van der Waals surface area contributed by atoms with Gasteiger partial charge in [0.05, 0.1) is 26.8 Å². The molecule has 0 saturated heterocycles. The number of nitrogens with zero attached hydrogens (tertiary/aromatic N) is 2. The molecular weight excluding hydrogens is 304 g/mol. The van der Waals surface area contributed by atoms with Gasteiger partial charge in [0.1, 0.15) is 5.75 Å². The summed E-state index contributed by atoms with van der Waals surface area (Å²) in [7, 11) is 7.23. The Bertz CT molecular complexity index is 682. The van der Waals surface area contributed by atoms with Gasteiger partial charge in [0, 0.05) is 11.8 Å². The van der Waals surface area contributed by atoms with Crippen LogP contribution in [0.25, 0.3) is 0 Å². The van der Waals surface area contributed by atoms with Crippen molar-refractivity contribution in [2.75, 3.05) is 34.9 Å². The fraction of sp³-hybridized carbons (Fsp3) is 0.316. The molecule has 0 saturated carbocycles. The molecule has 0 aliphatic heterocycles. The Labute approximate surface area is 143 Å². The van der Waals surface area contributed by atoms with Gasteiger partial charge in [-0.15, -0.1) is 0 Å². The van der Waals surface area contributed by atoms with Crippen LogP contribution in [0.15, 0.2) is 47.5 Å².